The number of nitrogens with one attached hydrogen (secondary N) is 2. The summed E-state index contributed by atoms with van der Waals surface area (Å²) in [5, 5.41) is 6.27. The molecule has 0 amide bonds. The first-order valence-electron chi connectivity index (χ1n) is 8.79. The van der Waals surface area contributed by atoms with E-state index in [9.17, 15) is 12.8 Å². The zero-order chi connectivity index (χ0) is 20.6. The van der Waals surface area contributed by atoms with Crippen molar-refractivity contribution in [3.63, 3.8) is 0 Å². The predicted molar refractivity (Wildman–Crippen MR) is 109 cm³/mol. The fourth-order valence-corrected chi connectivity index (χ4v) is 3.62. The second-order valence-electron chi connectivity index (χ2n) is 6.42. The molecule has 8 heteroatoms. The van der Waals surface area contributed by atoms with E-state index in [1.807, 2.05) is 30.3 Å². The minimum atomic E-state index is -3.22. The van der Waals surface area contributed by atoms with Crippen LogP contribution in [0, 0.1) is 5.82 Å². The second-order valence-corrected chi connectivity index (χ2v) is 8.56. The van der Waals surface area contributed by atoms with Crippen molar-refractivity contribution < 1.29 is 17.5 Å². The Morgan fingerprint density at radius 1 is 1.14 bits per heavy atom. The van der Waals surface area contributed by atoms with Crippen molar-refractivity contribution in [2.24, 2.45) is 4.99 Å². The Morgan fingerprint density at radius 3 is 2.46 bits per heavy atom. The van der Waals surface area contributed by atoms with Gasteiger partial charge in [-0.3, -0.25) is 4.99 Å². The number of benzene rings is 2. The highest BCUT2D eigenvalue weighted by molar-refractivity contribution is 7.89. The topological polar surface area (TPSA) is 79.8 Å². The molecule has 0 saturated carbocycles. The highest BCUT2D eigenvalue weighted by Crippen LogP contribution is 2.16. The summed E-state index contributed by atoms with van der Waals surface area (Å²) >= 11 is 0. The molecule has 0 bridgehead atoms. The van der Waals surface area contributed by atoms with Gasteiger partial charge in [0, 0.05) is 33.5 Å². The van der Waals surface area contributed by atoms with Crippen molar-refractivity contribution in [3.05, 3.63) is 71.0 Å². The molecule has 2 rings (SSSR count). The summed E-state index contributed by atoms with van der Waals surface area (Å²) in [6, 6.07) is 13.9. The first kappa shape index (κ1) is 21.8. The number of guanidine groups is 1. The highest BCUT2D eigenvalue weighted by Gasteiger charge is 2.13. The van der Waals surface area contributed by atoms with Crippen molar-refractivity contribution >= 4 is 15.8 Å². The third kappa shape index (κ3) is 6.94. The Balaban J connectivity index is 2.01. The van der Waals surface area contributed by atoms with Crippen LogP contribution in [-0.2, 0) is 26.9 Å². The molecular formula is C20H26FN3O3S. The van der Waals surface area contributed by atoms with Gasteiger partial charge in [-0.2, -0.15) is 0 Å². The molecule has 0 aliphatic carbocycles. The van der Waals surface area contributed by atoms with Crippen molar-refractivity contribution in [3.8, 4) is 0 Å². The Labute approximate surface area is 165 Å². The van der Waals surface area contributed by atoms with E-state index in [0.717, 1.165) is 11.8 Å². The first-order valence-corrected chi connectivity index (χ1v) is 10.9. The van der Waals surface area contributed by atoms with Gasteiger partial charge in [0.25, 0.3) is 0 Å². The van der Waals surface area contributed by atoms with Crippen LogP contribution in [0.25, 0.3) is 0 Å². The summed E-state index contributed by atoms with van der Waals surface area (Å²) in [6.07, 6.45) is 0.998. The molecule has 0 fully saturated rings. The van der Waals surface area contributed by atoms with Crippen LogP contribution < -0.4 is 10.6 Å². The van der Waals surface area contributed by atoms with Gasteiger partial charge in [0.2, 0.25) is 0 Å². The molecule has 6 nitrogen and oxygen atoms in total. The summed E-state index contributed by atoms with van der Waals surface area (Å²) in [5.74, 6) is -0.0520. The SMILES string of the molecule is CN=C(NCc1cc(F)ccc1CS(C)(=O)=O)NCC(OC)c1ccccc1. The number of hydrogen-bond donors (Lipinski definition) is 2. The van der Waals surface area contributed by atoms with Gasteiger partial charge in [-0.15, -0.1) is 0 Å². The molecule has 1 atom stereocenters. The third-order valence-corrected chi connectivity index (χ3v) is 5.00. The fraction of sp³-hybridized carbons (Fsp3) is 0.350. The average Bonchev–Trinajstić information content (AvgIpc) is 2.66. The van der Waals surface area contributed by atoms with Gasteiger partial charge in [0.15, 0.2) is 15.8 Å². The molecular weight excluding hydrogens is 381 g/mol. The molecule has 1 unspecified atom stereocenters. The largest absolute Gasteiger partial charge is 0.375 e. The Hall–Kier alpha value is -2.45. The highest BCUT2D eigenvalue weighted by atomic mass is 32.2. The fourth-order valence-electron chi connectivity index (χ4n) is 2.78. The monoisotopic (exact) mass is 407 g/mol. The lowest BCUT2D eigenvalue weighted by Crippen LogP contribution is -2.39. The first-order chi connectivity index (χ1) is 13.3. The number of nitrogens with zero attached hydrogens (tertiary/aromatic N) is 1. The summed E-state index contributed by atoms with van der Waals surface area (Å²) in [6.45, 7) is 0.727. The quantitative estimate of drug-likeness (QED) is 0.519. The minimum absolute atomic E-state index is 0.143. The molecule has 0 aliphatic heterocycles. The molecule has 2 N–H and O–H groups in total. The lowest BCUT2D eigenvalue weighted by Gasteiger charge is -2.19. The van der Waals surface area contributed by atoms with E-state index >= 15 is 0 Å². The molecule has 0 heterocycles. The smallest absolute Gasteiger partial charge is 0.191 e. The van der Waals surface area contributed by atoms with E-state index in [4.69, 9.17) is 4.74 Å². The van der Waals surface area contributed by atoms with Gasteiger partial charge < -0.3 is 15.4 Å². The van der Waals surface area contributed by atoms with E-state index in [1.54, 1.807) is 14.2 Å². The van der Waals surface area contributed by atoms with Crippen molar-refractivity contribution in [1.29, 1.82) is 0 Å². The number of sulfone groups is 1. The molecule has 0 saturated heterocycles. The van der Waals surface area contributed by atoms with E-state index < -0.39 is 15.7 Å². The zero-order valence-electron chi connectivity index (χ0n) is 16.3. The normalized spacial score (nSPS) is 13.2. The number of hydrogen-bond acceptors (Lipinski definition) is 4. The minimum Gasteiger partial charge on any atom is -0.375 e. The third-order valence-electron chi connectivity index (χ3n) is 4.17. The second kappa shape index (κ2) is 10.2. The number of halogens is 1. The summed E-state index contributed by atoms with van der Waals surface area (Å²) in [7, 11) is 0.0415. The lowest BCUT2D eigenvalue weighted by molar-refractivity contribution is 0.106. The van der Waals surface area contributed by atoms with Crippen molar-refractivity contribution in [2.45, 2.75) is 18.4 Å². The number of methoxy groups -OCH3 is 1. The molecule has 0 aliphatic rings. The average molecular weight is 408 g/mol. The van der Waals surface area contributed by atoms with Crippen LogP contribution in [0.3, 0.4) is 0 Å². The Kier molecular flexibility index (Phi) is 7.95. The van der Waals surface area contributed by atoms with Gasteiger partial charge in [0.05, 0.1) is 11.9 Å². The van der Waals surface area contributed by atoms with Crippen LogP contribution in [0.4, 0.5) is 4.39 Å². The molecule has 0 radical (unpaired) electrons. The van der Waals surface area contributed by atoms with Gasteiger partial charge in [-0.05, 0) is 28.8 Å². The van der Waals surface area contributed by atoms with Crippen LogP contribution >= 0.6 is 0 Å². The standard InChI is InChI=1S/C20H26FN3O3S/c1-22-20(24-13-19(27-2)15-7-5-4-6-8-15)23-12-17-11-18(21)10-9-16(17)14-28(3,25)26/h4-11,19H,12-14H2,1-3H3,(H2,22,23,24). The van der Waals surface area contributed by atoms with Crippen LogP contribution in [0.5, 0.6) is 0 Å². The molecule has 28 heavy (non-hydrogen) atoms. The molecule has 0 aromatic heterocycles. The zero-order valence-corrected chi connectivity index (χ0v) is 17.1. The summed E-state index contributed by atoms with van der Waals surface area (Å²) in [5.41, 5.74) is 2.17. The van der Waals surface area contributed by atoms with E-state index in [2.05, 4.69) is 15.6 Å². The van der Waals surface area contributed by atoms with Gasteiger partial charge >= 0.3 is 0 Å². The number of aliphatic imine (C=N–C) groups is 1. The van der Waals surface area contributed by atoms with Crippen LogP contribution in [0.1, 0.15) is 22.8 Å². The van der Waals surface area contributed by atoms with Crippen LogP contribution in [-0.4, -0.2) is 41.3 Å². The van der Waals surface area contributed by atoms with Gasteiger partial charge in [-0.25, -0.2) is 12.8 Å². The van der Waals surface area contributed by atoms with Crippen molar-refractivity contribution in [1.82, 2.24) is 10.6 Å². The Bertz CT molecular complexity index is 902. The van der Waals surface area contributed by atoms with E-state index in [-0.39, 0.29) is 18.4 Å². The molecule has 0 spiro atoms. The number of ether oxygens (including phenoxy) is 1. The maximum atomic E-state index is 13.6. The van der Waals surface area contributed by atoms with E-state index in [1.165, 1.54) is 18.2 Å². The van der Waals surface area contributed by atoms with Gasteiger partial charge in [-0.1, -0.05) is 36.4 Å². The van der Waals surface area contributed by atoms with Crippen molar-refractivity contribution in [2.75, 3.05) is 27.0 Å². The summed E-state index contributed by atoms with van der Waals surface area (Å²) in [4.78, 5) is 4.16. The van der Waals surface area contributed by atoms with Crippen LogP contribution in [0.15, 0.2) is 53.5 Å². The maximum absolute atomic E-state index is 13.6. The Morgan fingerprint density at radius 2 is 1.86 bits per heavy atom. The lowest BCUT2D eigenvalue weighted by atomic mass is 10.1. The molecule has 2 aromatic rings. The van der Waals surface area contributed by atoms with Gasteiger partial charge in [0.1, 0.15) is 5.82 Å². The maximum Gasteiger partial charge on any atom is 0.191 e. The molecule has 152 valence electrons. The molecule has 2 aromatic carbocycles. The summed E-state index contributed by atoms with van der Waals surface area (Å²) < 4.78 is 42.4. The van der Waals surface area contributed by atoms with Crippen LogP contribution in [0.2, 0.25) is 0 Å². The van der Waals surface area contributed by atoms with E-state index in [0.29, 0.717) is 23.6 Å². The number of rotatable bonds is 8. The predicted octanol–water partition coefficient (Wildman–Crippen LogP) is 2.42.